The normalized spacial score (nSPS) is 17.9. The number of pyridine rings is 1. The fourth-order valence-electron chi connectivity index (χ4n) is 2.80. The summed E-state index contributed by atoms with van der Waals surface area (Å²) >= 11 is 9.58. The van der Waals surface area contributed by atoms with Crippen LogP contribution >= 0.6 is 27.5 Å². The van der Waals surface area contributed by atoms with Gasteiger partial charge < -0.3 is 4.90 Å². The molecule has 1 aliphatic rings. The lowest BCUT2D eigenvalue weighted by Gasteiger charge is -2.37. The van der Waals surface area contributed by atoms with E-state index in [1.54, 1.807) is 0 Å². The number of fused-ring (bicyclic) bond motifs is 1. The molecule has 1 aliphatic heterocycles. The van der Waals surface area contributed by atoms with Gasteiger partial charge in [-0.1, -0.05) is 18.2 Å². The second kappa shape index (κ2) is 5.74. The Morgan fingerprint density at radius 1 is 1.40 bits per heavy atom. The van der Waals surface area contributed by atoms with Gasteiger partial charge in [-0.15, -0.1) is 11.6 Å². The Morgan fingerprint density at radius 3 is 3.00 bits per heavy atom. The topological polar surface area (TPSA) is 16.1 Å². The van der Waals surface area contributed by atoms with Gasteiger partial charge >= 0.3 is 0 Å². The summed E-state index contributed by atoms with van der Waals surface area (Å²) in [6.45, 7) is 2.25. The summed E-state index contributed by atoms with van der Waals surface area (Å²) in [5, 5.41) is 0. The standard InChI is InChI=1S/C16H16BrClN2/c1-11-6-7-12-4-2-3-5-15(12)20(11)16-13(9-18)8-14(17)10-19-16/h2-5,8,10-11H,6-7,9H2,1H3. The predicted molar refractivity (Wildman–Crippen MR) is 87.9 cm³/mol. The van der Waals surface area contributed by atoms with E-state index in [9.17, 15) is 0 Å². The van der Waals surface area contributed by atoms with E-state index >= 15 is 0 Å². The van der Waals surface area contributed by atoms with Crippen LogP contribution < -0.4 is 4.90 Å². The van der Waals surface area contributed by atoms with Crippen molar-refractivity contribution in [1.82, 2.24) is 4.98 Å². The van der Waals surface area contributed by atoms with E-state index < -0.39 is 0 Å². The van der Waals surface area contributed by atoms with Crippen LogP contribution in [-0.2, 0) is 12.3 Å². The Kier molecular flexibility index (Phi) is 3.99. The maximum atomic E-state index is 6.11. The molecule has 0 N–H and O–H groups in total. The first-order valence-electron chi connectivity index (χ1n) is 6.78. The van der Waals surface area contributed by atoms with Crippen LogP contribution in [0.3, 0.4) is 0 Å². The molecule has 2 heterocycles. The van der Waals surface area contributed by atoms with Crippen molar-refractivity contribution in [1.29, 1.82) is 0 Å². The minimum absolute atomic E-state index is 0.431. The van der Waals surface area contributed by atoms with E-state index in [4.69, 9.17) is 11.6 Å². The molecule has 0 fully saturated rings. The summed E-state index contributed by atoms with van der Waals surface area (Å²) in [5.41, 5.74) is 3.70. The van der Waals surface area contributed by atoms with Gasteiger partial charge in [0.1, 0.15) is 5.82 Å². The molecule has 0 bridgehead atoms. The molecule has 1 atom stereocenters. The highest BCUT2D eigenvalue weighted by molar-refractivity contribution is 9.10. The van der Waals surface area contributed by atoms with E-state index in [1.807, 2.05) is 6.20 Å². The third-order valence-electron chi connectivity index (χ3n) is 3.81. The van der Waals surface area contributed by atoms with Crippen LogP contribution in [0.5, 0.6) is 0 Å². The van der Waals surface area contributed by atoms with Crippen molar-refractivity contribution in [2.45, 2.75) is 31.7 Å². The van der Waals surface area contributed by atoms with E-state index in [0.29, 0.717) is 11.9 Å². The lowest BCUT2D eigenvalue weighted by atomic mass is 9.96. The highest BCUT2D eigenvalue weighted by atomic mass is 79.9. The zero-order valence-corrected chi connectivity index (χ0v) is 13.7. The molecule has 1 unspecified atom stereocenters. The Bertz CT molecular complexity index is 630. The zero-order valence-electron chi connectivity index (χ0n) is 11.3. The van der Waals surface area contributed by atoms with Gasteiger partial charge in [0.2, 0.25) is 0 Å². The number of anilines is 2. The first-order chi connectivity index (χ1) is 9.70. The highest BCUT2D eigenvalue weighted by Gasteiger charge is 2.26. The fourth-order valence-corrected chi connectivity index (χ4v) is 3.38. The van der Waals surface area contributed by atoms with Crippen molar-refractivity contribution < 1.29 is 0 Å². The van der Waals surface area contributed by atoms with Crippen molar-refractivity contribution in [3.63, 3.8) is 0 Å². The Labute approximate surface area is 132 Å². The molecule has 0 saturated heterocycles. The second-order valence-electron chi connectivity index (χ2n) is 5.16. The van der Waals surface area contributed by atoms with Crippen LogP contribution in [0.2, 0.25) is 0 Å². The number of hydrogen-bond donors (Lipinski definition) is 0. The average molecular weight is 352 g/mol. The summed E-state index contributed by atoms with van der Waals surface area (Å²) < 4.78 is 0.967. The van der Waals surface area contributed by atoms with Crippen LogP contribution in [0.25, 0.3) is 0 Å². The molecule has 0 aliphatic carbocycles. The summed E-state index contributed by atoms with van der Waals surface area (Å²) in [7, 11) is 0. The molecule has 0 radical (unpaired) electrons. The average Bonchev–Trinajstić information content (AvgIpc) is 2.48. The quantitative estimate of drug-likeness (QED) is 0.703. The van der Waals surface area contributed by atoms with E-state index in [2.05, 4.69) is 63.1 Å². The number of para-hydroxylation sites is 1. The smallest absolute Gasteiger partial charge is 0.137 e. The van der Waals surface area contributed by atoms with Crippen molar-refractivity contribution in [3.8, 4) is 0 Å². The summed E-state index contributed by atoms with van der Waals surface area (Å²) in [4.78, 5) is 6.94. The van der Waals surface area contributed by atoms with Crippen LogP contribution in [0.15, 0.2) is 41.0 Å². The molecule has 4 heteroatoms. The van der Waals surface area contributed by atoms with Crippen LogP contribution in [0, 0.1) is 0 Å². The summed E-state index contributed by atoms with van der Waals surface area (Å²) in [6.07, 6.45) is 4.10. The van der Waals surface area contributed by atoms with E-state index in [0.717, 1.165) is 28.7 Å². The Balaban J connectivity index is 2.14. The maximum absolute atomic E-state index is 6.11. The third kappa shape index (κ3) is 2.45. The van der Waals surface area contributed by atoms with Gasteiger partial charge in [-0.25, -0.2) is 4.98 Å². The van der Waals surface area contributed by atoms with Crippen LogP contribution in [0.1, 0.15) is 24.5 Å². The minimum atomic E-state index is 0.431. The summed E-state index contributed by atoms with van der Waals surface area (Å²) in [6, 6.07) is 11.0. The molecule has 20 heavy (non-hydrogen) atoms. The molecular weight excluding hydrogens is 336 g/mol. The lowest BCUT2D eigenvalue weighted by molar-refractivity contribution is 0.612. The summed E-state index contributed by atoms with van der Waals surface area (Å²) in [5.74, 6) is 1.44. The van der Waals surface area contributed by atoms with Crippen molar-refractivity contribution in [2.75, 3.05) is 4.90 Å². The molecule has 0 saturated carbocycles. The second-order valence-corrected chi connectivity index (χ2v) is 6.34. The van der Waals surface area contributed by atoms with Gasteiger partial charge in [0.05, 0.1) is 5.88 Å². The SMILES string of the molecule is CC1CCc2ccccc2N1c1ncc(Br)cc1CCl. The van der Waals surface area contributed by atoms with Gasteiger partial charge in [-0.3, -0.25) is 0 Å². The minimum Gasteiger partial charge on any atom is -0.323 e. The third-order valence-corrected chi connectivity index (χ3v) is 4.53. The molecular formula is C16H16BrClN2. The molecule has 2 nitrogen and oxygen atoms in total. The van der Waals surface area contributed by atoms with Gasteiger partial charge in [0, 0.05) is 28.0 Å². The van der Waals surface area contributed by atoms with Crippen molar-refractivity contribution in [2.24, 2.45) is 0 Å². The molecule has 1 aromatic heterocycles. The Hall–Kier alpha value is -1.06. The highest BCUT2D eigenvalue weighted by Crippen LogP contribution is 2.38. The first-order valence-corrected chi connectivity index (χ1v) is 8.11. The van der Waals surface area contributed by atoms with Gasteiger partial charge in [0.25, 0.3) is 0 Å². The number of aryl methyl sites for hydroxylation is 1. The fraction of sp³-hybridized carbons (Fsp3) is 0.312. The molecule has 3 rings (SSSR count). The molecule has 2 aromatic rings. The number of rotatable bonds is 2. The van der Waals surface area contributed by atoms with Gasteiger partial charge in [0.15, 0.2) is 0 Å². The van der Waals surface area contributed by atoms with Crippen LogP contribution in [-0.4, -0.2) is 11.0 Å². The predicted octanol–water partition coefficient (Wildman–Crippen LogP) is 5.06. The van der Waals surface area contributed by atoms with Crippen LogP contribution in [0.4, 0.5) is 11.5 Å². The lowest BCUT2D eigenvalue weighted by Crippen LogP contribution is -2.34. The number of aromatic nitrogens is 1. The zero-order chi connectivity index (χ0) is 14.1. The Morgan fingerprint density at radius 2 is 2.20 bits per heavy atom. The van der Waals surface area contributed by atoms with E-state index in [1.165, 1.54) is 11.3 Å². The maximum Gasteiger partial charge on any atom is 0.137 e. The largest absolute Gasteiger partial charge is 0.323 e. The van der Waals surface area contributed by atoms with Crippen molar-refractivity contribution in [3.05, 3.63) is 52.1 Å². The van der Waals surface area contributed by atoms with Gasteiger partial charge in [-0.2, -0.15) is 0 Å². The van der Waals surface area contributed by atoms with Gasteiger partial charge in [-0.05, 0) is 53.4 Å². The number of nitrogens with zero attached hydrogens (tertiary/aromatic N) is 2. The number of halogens is 2. The number of benzene rings is 1. The monoisotopic (exact) mass is 350 g/mol. The van der Waals surface area contributed by atoms with Crippen molar-refractivity contribution >= 4 is 39.0 Å². The molecule has 1 aromatic carbocycles. The molecule has 0 spiro atoms. The molecule has 104 valence electrons. The first kappa shape index (κ1) is 13.9. The number of hydrogen-bond acceptors (Lipinski definition) is 2. The molecule has 0 amide bonds. The van der Waals surface area contributed by atoms with E-state index in [-0.39, 0.29) is 0 Å². The number of alkyl halides is 1.